The standard InChI is InChI=1S/C11H9N6S/c12-7-8-6-10(18-11(8,13)17-14)16-15-9-4-2-1-3-5-9/h1-6,8H,13H2/q+1. The molecule has 1 heterocycles. The molecule has 1 aromatic rings. The first-order valence-corrected chi connectivity index (χ1v) is 5.92. The molecular weight excluding hydrogens is 248 g/mol. The molecule has 2 N–H and O–H groups in total. The van der Waals surface area contributed by atoms with Gasteiger partial charge in [0.25, 0.3) is 0 Å². The van der Waals surface area contributed by atoms with Crippen LogP contribution in [-0.2, 0) is 0 Å². The highest BCUT2D eigenvalue weighted by molar-refractivity contribution is 8.04. The molecule has 2 unspecified atom stereocenters. The summed E-state index contributed by atoms with van der Waals surface area (Å²) in [6, 6.07) is 11.1. The molecule has 0 spiro atoms. The molecule has 0 amide bonds. The zero-order valence-electron chi connectivity index (χ0n) is 9.26. The summed E-state index contributed by atoms with van der Waals surface area (Å²) in [5, 5.41) is 26.2. The van der Waals surface area contributed by atoms with Crippen LogP contribution in [0.25, 0.3) is 4.98 Å². The lowest BCUT2D eigenvalue weighted by atomic mass is 10.1. The Hall–Kier alpha value is -2.22. The van der Waals surface area contributed by atoms with Crippen LogP contribution in [0.4, 0.5) is 5.69 Å². The summed E-state index contributed by atoms with van der Waals surface area (Å²) in [7, 11) is 0. The molecule has 0 aliphatic carbocycles. The predicted molar refractivity (Wildman–Crippen MR) is 67.7 cm³/mol. The fraction of sp³-hybridized carbons (Fsp3) is 0.182. The molecule has 2 rings (SSSR count). The van der Waals surface area contributed by atoms with Crippen LogP contribution in [0.2, 0.25) is 0 Å². The van der Waals surface area contributed by atoms with E-state index in [9.17, 15) is 0 Å². The van der Waals surface area contributed by atoms with Gasteiger partial charge in [0.2, 0.25) is 5.39 Å². The zero-order valence-corrected chi connectivity index (χ0v) is 10.1. The molecule has 0 bridgehead atoms. The van der Waals surface area contributed by atoms with Gasteiger partial charge in [-0.25, -0.2) is 5.73 Å². The number of diazo groups is 1. The third kappa shape index (κ3) is 2.38. The van der Waals surface area contributed by atoms with Gasteiger partial charge in [0.15, 0.2) is 10.9 Å². The maximum absolute atomic E-state index is 8.90. The Labute approximate surface area is 108 Å². The first kappa shape index (κ1) is 12.2. The minimum Gasteiger partial charge on any atom is -0.240 e. The molecule has 1 aromatic carbocycles. The monoisotopic (exact) mass is 257 g/mol. The van der Waals surface area contributed by atoms with Gasteiger partial charge < -0.3 is 0 Å². The van der Waals surface area contributed by atoms with E-state index in [-0.39, 0.29) is 0 Å². The van der Waals surface area contributed by atoms with Crippen LogP contribution in [0.15, 0.2) is 51.7 Å². The highest BCUT2D eigenvalue weighted by atomic mass is 32.2. The summed E-state index contributed by atoms with van der Waals surface area (Å²) in [5.74, 6) is -0.725. The van der Waals surface area contributed by atoms with Crippen LogP contribution in [0, 0.1) is 22.6 Å². The molecule has 1 aliphatic rings. The van der Waals surface area contributed by atoms with Gasteiger partial charge in [-0.2, -0.15) is 10.4 Å². The van der Waals surface area contributed by atoms with Crippen molar-refractivity contribution in [2.45, 2.75) is 4.99 Å². The number of hydrogen-bond acceptors (Lipinski definition) is 6. The van der Waals surface area contributed by atoms with Crippen molar-refractivity contribution in [2.24, 2.45) is 21.9 Å². The van der Waals surface area contributed by atoms with Gasteiger partial charge in [-0.05, 0) is 18.2 Å². The largest absolute Gasteiger partial charge is 0.446 e. The number of nitrogens with zero attached hydrogens (tertiary/aromatic N) is 5. The number of nitriles is 1. The molecule has 88 valence electrons. The van der Waals surface area contributed by atoms with Gasteiger partial charge in [-0.1, -0.05) is 18.2 Å². The van der Waals surface area contributed by atoms with Crippen molar-refractivity contribution in [1.29, 1.82) is 10.7 Å². The molecule has 6 nitrogen and oxygen atoms in total. The zero-order chi connectivity index (χ0) is 13.0. The van der Waals surface area contributed by atoms with Crippen molar-refractivity contribution in [2.75, 3.05) is 0 Å². The maximum Gasteiger partial charge on any atom is 0.446 e. The van der Waals surface area contributed by atoms with E-state index in [4.69, 9.17) is 16.4 Å². The highest BCUT2D eigenvalue weighted by Gasteiger charge is 2.54. The summed E-state index contributed by atoms with van der Waals surface area (Å²) in [6.07, 6.45) is 1.54. The average molecular weight is 257 g/mol. The molecule has 1 aliphatic heterocycles. The van der Waals surface area contributed by atoms with Crippen LogP contribution >= 0.6 is 11.8 Å². The van der Waals surface area contributed by atoms with E-state index in [2.05, 4.69) is 15.2 Å². The van der Waals surface area contributed by atoms with Crippen molar-refractivity contribution in [3.8, 4) is 6.07 Å². The van der Waals surface area contributed by atoms with Gasteiger partial charge in [0.1, 0.15) is 5.03 Å². The first-order valence-electron chi connectivity index (χ1n) is 5.10. The summed E-state index contributed by atoms with van der Waals surface area (Å²) in [5.41, 5.74) is 6.44. The molecule has 0 fully saturated rings. The lowest BCUT2D eigenvalue weighted by Gasteiger charge is -2.02. The van der Waals surface area contributed by atoms with Crippen molar-refractivity contribution < 1.29 is 0 Å². The van der Waals surface area contributed by atoms with Gasteiger partial charge in [0, 0.05) is 11.8 Å². The summed E-state index contributed by atoms with van der Waals surface area (Å²) >= 11 is 1.00. The van der Waals surface area contributed by atoms with Gasteiger partial charge in [-0.3, -0.25) is 0 Å². The fourth-order valence-corrected chi connectivity index (χ4v) is 2.30. The number of thioether (sulfide) groups is 1. The van der Waals surface area contributed by atoms with Crippen molar-refractivity contribution in [3.63, 3.8) is 0 Å². The van der Waals surface area contributed by atoms with E-state index in [1.54, 1.807) is 12.1 Å². The van der Waals surface area contributed by atoms with E-state index in [1.165, 1.54) is 6.08 Å². The Balaban J connectivity index is 2.16. The Morgan fingerprint density at radius 2 is 2.06 bits per heavy atom. The minimum absolute atomic E-state index is 0.464. The third-order valence-corrected chi connectivity index (χ3v) is 3.43. The number of hydrogen-bond donors (Lipinski definition) is 1. The number of nitrogens with two attached hydrogens (primary N) is 1. The van der Waals surface area contributed by atoms with E-state index < -0.39 is 10.9 Å². The maximum atomic E-state index is 8.90. The van der Waals surface area contributed by atoms with E-state index in [0.29, 0.717) is 10.7 Å². The predicted octanol–water partition coefficient (Wildman–Crippen LogP) is 2.96. The fourth-order valence-electron chi connectivity index (χ4n) is 1.39. The van der Waals surface area contributed by atoms with Crippen LogP contribution in [-0.4, -0.2) is 4.99 Å². The normalized spacial score (nSPS) is 26.6. The van der Waals surface area contributed by atoms with E-state index in [1.807, 2.05) is 24.3 Å². The van der Waals surface area contributed by atoms with Crippen LogP contribution in [0.1, 0.15) is 0 Å². The number of benzene rings is 1. The molecule has 7 heteroatoms. The molecular formula is C11H9N6S+. The molecule has 0 saturated heterocycles. The Kier molecular flexibility index (Phi) is 3.38. The summed E-state index contributed by atoms with van der Waals surface area (Å²) < 4.78 is 0. The molecule has 2 atom stereocenters. The van der Waals surface area contributed by atoms with Crippen LogP contribution < -0.4 is 5.73 Å². The molecule has 18 heavy (non-hydrogen) atoms. The first-order chi connectivity index (χ1) is 8.68. The van der Waals surface area contributed by atoms with Crippen molar-refractivity contribution in [1.82, 2.24) is 0 Å². The summed E-state index contributed by atoms with van der Waals surface area (Å²) in [6.45, 7) is 0. The second-order valence-corrected chi connectivity index (χ2v) is 4.88. The second kappa shape index (κ2) is 4.96. The van der Waals surface area contributed by atoms with Crippen molar-refractivity contribution in [3.05, 3.63) is 46.4 Å². The molecule has 0 aromatic heterocycles. The number of azo groups is 1. The van der Waals surface area contributed by atoms with Crippen LogP contribution in [0.5, 0.6) is 0 Å². The third-order valence-electron chi connectivity index (χ3n) is 2.34. The Morgan fingerprint density at radius 1 is 1.33 bits per heavy atom. The second-order valence-electron chi connectivity index (χ2n) is 3.60. The van der Waals surface area contributed by atoms with E-state index >= 15 is 0 Å². The Bertz CT molecular complexity index is 582. The Morgan fingerprint density at radius 3 is 2.61 bits per heavy atom. The number of rotatable bonds is 2. The molecule has 0 radical (unpaired) electrons. The quantitative estimate of drug-likeness (QED) is 0.649. The molecule has 0 saturated carbocycles. The topological polar surface area (TPSA) is 103 Å². The SMILES string of the molecule is N#CC1C=C(N=Nc2ccccc2)SC1(N)[N+]#N. The lowest BCUT2D eigenvalue weighted by molar-refractivity contribution is 0.644. The smallest absolute Gasteiger partial charge is 0.240 e. The van der Waals surface area contributed by atoms with Gasteiger partial charge in [0.05, 0.1) is 11.8 Å². The summed E-state index contributed by atoms with van der Waals surface area (Å²) in [4.78, 5) is 1.65. The van der Waals surface area contributed by atoms with Gasteiger partial charge in [-0.15, -0.1) is 5.11 Å². The lowest BCUT2D eigenvalue weighted by Crippen LogP contribution is -2.36. The van der Waals surface area contributed by atoms with E-state index in [0.717, 1.165) is 11.8 Å². The van der Waals surface area contributed by atoms with Gasteiger partial charge >= 0.3 is 4.99 Å². The average Bonchev–Trinajstić information content (AvgIpc) is 2.75. The van der Waals surface area contributed by atoms with Crippen molar-refractivity contribution >= 4 is 17.4 Å². The highest BCUT2D eigenvalue weighted by Crippen LogP contribution is 2.44. The minimum atomic E-state index is -1.39. The van der Waals surface area contributed by atoms with Crippen LogP contribution in [0.3, 0.4) is 0 Å².